The molecule has 3 N–H and O–H groups in total. The van der Waals surface area contributed by atoms with E-state index in [9.17, 15) is 4.79 Å². The van der Waals surface area contributed by atoms with Crippen LogP contribution in [-0.2, 0) is 11.2 Å². The fraction of sp³-hybridized carbons (Fsp3) is 0.571. The normalized spacial score (nSPS) is 11.6. The van der Waals surface area contributed by atoms with Gasteiger partial charge in [-0.05, 0) is 30.5 Å². The number of hydrogen-bond acceptors (Lipinski definition) is 2. The van der Waals surface area contributed by atoms with E-state index in [-0.39, 0.29) is 0 Å². The Balaban J connectivity index is 2.19. The maximum absolute atomic E-state index is 10.7. The zero-order chi connectivity index (χ0) is 17.6. The lowest BCUT2D eigenvalue weighted by molar-refractivity contribution is -0.138. The van der Waals surface area contributed by atoms with Crippen molar-refractivity contribution in [3.63, 3.8) is 0 Å². The van der Waals surface area contributed by atoms with Crippen LogP contribution in [0, 0.1) is 11.8 Å². The Hall–Kier alpha value is -1.79. The van der Waals surface area contributed by atoms with Crippen molar-refractivity contribution in [3.05, 3.63) is 35.4 Å². The number of carbonyl (C=O) groups is 1. The SMILES string of the molecule is CCCCCCCCCCC#Cc1ccc(C[C@H](N)C(=O)O)cc1. The first kappa shape index (κ1) is 20.3. The van der Waals surface area contributed by atoms with Gasteiger partial charge in [0.1, 0.15) is 6.04 Å². The monoisotopic (exact) mass is 329 g/mol. The molecular weight excluding hydrogens is 298 g/mol. The van der Waals surface area contributed by atoms with Gasteiger partial charge in [0.15, 0.2) is 0 Å². The van der Waals surface area contributed by atoms with Gasteiger partial charge in [0.25, 0.3) is 0 Å². The van der Waals surface area contributed by atoms with Crippen molar-refractivity contribution in [3.8, 4) is 11.8 Å². The zero-order valence-electron chi connectivity index (χ0n) is 14.9. The highest BCUT2D eigenvalue weighted by atomic mass is 16.4. The molecule has 1 aromatic rings. The molecule has 0 spiro atoms. The van der Waals surface area contributed by atoms with Crippen LogP contribution in [0.1, 0.15) is 75.8 Å². The van der Waals surface area contributed by atoms with Crippen LogP contribution >= 0.6 is 0 Å². The Bertz CT molecular complexity index is 525. The number of unbranched alkanes of at least 4 members (excludes halogenated alkanes) is 8. The fourth-order valence-corrected chi connectivity index (χ4v) is 2.58. The quantitative estimate of drug-likeness (QED) is 0.463. The van der Waals surface area contributed by atoms with Crippen molar-refractivity contribution in [1.29, 1.82) is 0 Å². The van der Waals surface area contributed by atoms with E-state index >= 15 is 0 Å². The third-order valence-electron chi connectivity index (χ3n) is 4.11. The summed E-state index contributed by atoms with van der Waals surface area (Å²) in [6.45, 7) is 2.25. The van der Waals surface area contributed by atoms with E-state index in [1.807, 2.05) is 24.3 Å². The Morgan fingerprint density at radius 2 is 1.62 bits per heavy atom. The van der Waals surface area contributed by atoms with E-state index in [1.54, 1.807) is 0 Å². The molecule has 1 rings (SSSR count). The lowest BCUT2D eigenvalue weighted by Gasteiger charge is -2.05. The number of carboxylic acid groups (broad SMARTS) is 1. The summed E-state index contributed by atoms with van der Waals surface area (Å²) in [5, 5.41) is 8.81. The average Bonchev–Trinajstić information content (AvgIpc) is 2.58. The van der Waals surface area contributed by atoms with Crippen molar-refractivity contribution >= 4 is 5.97 Å². The molecule has 1 atom stereocenters. The average molecular weight is 329 g/mol. The van der Waals surface area contributed by atoms with Gasteiger partial charge < -0.3 is 10.8 Å². The van der Waals surface area contributed by atoms with Gasteiger partial charge >= 0.3 is 5.97 Å². The first-order valence-corrected chi connectivity index (χ1v) is 9.19. The van der Waals surface area contributed by atoms with Crippen LogP contribution in [0.3, 0.4) is 0 Å². The summed E-state index contributed by atoms with van der Waals surface area (Å²) >= 11 is 0. The van der Waals surface area contributed by atoms with Crippen LogP contribution < -0.4 is 5.73 Å². The smallest absolute Gasteiger partial charge is 0.320 e. The van der Waals surface area contributed by atoms with Gasteiger partial charge in [-0.25, -0.2) is 0 Å². The minimum Gasteiger partial charge on any atom is -0.480 e. The summed E-state index contributed by atoms with van der Waals surface area (Å²) in [6.07, 6.45) is 11.8. The molecule has 0 saturated carbocycles. The minimum atomic E-state index is -0.968. The van der Waals surface area contributed by atoms with Gasteiger partial charge in [-0.3, -0.25) is 4.79 Å². The van der Waals surface area contributed by atoms with E-state index < -0.39 is 12.0 Å². The number of carboxylic acids is 1. The molecule has 24 heavy (non-hydrogen) atoms. The van der Waals surface area contributed by atoms with Crippen molar-refractivity contribution in [2.24, 2.45) is 5.73 Å². The van der Waals surface area contributed by atoms with E-state index in [4.69, 9.17) is 10.8 Å². The maximum Gasteiger partial charge on any atom is 0.320 e. The second kappa shape index (κ2) is 12.6. The van der Waals surface area contributed by atoms with Crippen molar-refractivity contribution in [1.82, 2.24) is 0 Å². The summed E-state index contributed by atoms with van der Waals surface area (Å²) in [5.74, 6) is 5.42. The highest BCUT2D eigenvalue weighted by molar-refractivity contribution is 5.73. The van der Waals surface area contributed by atoms with Crippen LogP contribution in [-0.4, -0.2) is 17.1 Å². The Kier molecular flexibility index (Phi) is 10.6. The van der Waals surface area contributed by atoms with Gasteiger partial charge in [0, 0.05) is 12.0 Å². The number of aliphatic carboxylic acids is 1. The Morgan fingerprint density at radius 1 is 1.04 bits per heavy atom. The molecule has 0 aliphatic carbocycles. The third kappa shape index (κ3) is 9.37. The van der Waals surface area contributed by atoms with Crippen LogP contribution in [0.25, 0.3) is 0 Å². The number of hydrogen-bond donors (Lipinski definition) is 2. The van der Waals surface area contributed by atoms with Crippen molar-refractivity contribution < 1.29 is 9.90 Å². The lowest BCUT2D eigenvalue weighted by atomic mass is 10.0. The Morgan fingerprint density at radius 3 is 2.21 bits per heavy atom. The standard InChI is InChI=1S/C21H31NO2/c1-2-3-4-5-6-7-8-9-10-11-12-18-13-15-19(16-14-18)17-20(22)21(23)24/h13-16,20H,2-10,17,22H2,1H3,(H,23,24)/t20-/m0/s1. The molecule has 0 unspecified atom stereocenters. The third-order valence-corrected chi connectivity index (χ3v) is 4.11. The van der Waals surface area contributed by atoms with Crippen molar-refractivity contribution in [2.45, 2.75) is 77.2 Å². The second-order valence-corrected chi connectivity index (χ2v) is 6.37. The molecule has 0 heterocycles. The summed E-state index contributed by atoms with van der Waals surface area (Å²) < 4.78 is 0. The molecule has 0 amide bonds. The predicted octanol–water partition coefficient (Wildman–Crippen LogP) is 4.52. The first-order chi connectivity index (χ1) is 11.6. The highest BCUT2D eigenvalue weighted by Crippen LogP contribution is 2.09. The maximum atomic E-state index is 10.7. The summed E-state index contributed by atoms with van der Waals surface area (Å²) in [7, 11) is 0. The van der Waals surface area contributed by atoms with Gasteiger partial charge in [-0.15, -0.1) is 0 Å². The molecule has 0 saturated heterocycles. The molecule has 0 bridgehead atoms. The van der Waals surface area contributed by atoms with Crippen molar-refractivity contribution in [2.75, 3.05) is 0 Å². The minimum absolute atomic E-state index is 0.349. The van der Waals surface area contributed by atoms with Gasteiger partial charge in [-0.1, -0.05) is 75.8 Å². The molecule has 3 nitrogen and oxygen atoms in total. The molecule has 0 aliphatic heterocycles. The van der Waals surface area contributed by atoms with Crippen LogP contribution in [0.4, 0.5) is 0 Å². The van der Waals surface area contributed by atoms with Crippen LogP contribution in [0.5, 0.6) is 0 Å². The van der Waals surface area contributed by atoms with Gasteiger partial charge in [0.2, 0.25) is 0 Å². The number of rotatable bonds is 11. The largest absolute Gasteiger partial charge is 0.480 e. The summed E-state index contributed by atoms with van der Waals surface area (Å²) in [5.41, 5.74) is 7.43. The van der Waals surface area contributed by atoms with Gasteiger partial charge in [-0.2, -0.15) is 0 Å². The molecule has 132 valence electrons. The zero-order valence-corrected chi connectivity index (χ0v) is 14.9. The second-order valence-electron chi connectivity index (χ2n) is 6.37. The molecule has 0 aliphatic rings. The summed E-state index contributed by atoms with van der Waals surface area (Å²) in [4.78, 5) is 10.7. The van der Waals surface area contributed by atoms with Gasteiger partial charge in [0.05, 0.1) is 0 Å². The molecule has 3 heteroatoms. The van der Waals surface area contributed by atoms with E-state index in [0.29, 0.717) is 6.42 Å². The van der Waals surface area contributed by atoms with E-state index in [0.717, 1.165) is 17.5 Å². The molecule has 0 fully saturated rings. The van der Waals surface area contributed by atoms with E-state index in [1.165, 1.54) is 51.4 Å². The molecule has 1 aromatic carbocycles. The fourth-order valence-electron chi connectivity index (χ4n) is 2.58. The lowest BCUT2D eigenvalue weighted by Crippen LogP contribution is -2.32. The summed E-state index contributed by atoms with van der Waals surface area (Å²) in [6, 6.07) is 6.84. The van der Waals surface area contributed by atoms with Crippen LogP contribution in [0.2, 0.25) is 0 Å². The molecule has 0 radical (unpaired) electrons. The predicted molar refractivity (Wildman–Crippen MR) is 99.9 cm³/mol. The topological polar surface area (TPSA) is 63.3 Å². The van der Waals surface area contributed by atoms with Crippen LogP contribution in [0.15, 0.2) is 24.3 Å². The first-order valence-electron chi connectivity index (χ1n) is 9.19. The molecule has 0 aromatic heterocycles. The molecular formula is C21H31NO2. The number of benzene rings is 1. The Labute approximate surface area is 146 Å². The number of nitrogens with two attached hydrogens (primary N) is 1. The van der Waals surface area contributed by atoms with E-state index in [2.05, 4.69) is 18.8 Å². The highest BCUT2D eigenvalue weighted by Gasteiger charge is 2.11.